The summed E-state index contributed by atoms with van der Waals surface area (Å²) < 4.78 is 56.7. The molecule has 0 saturated carbocycles. The van der Waals surface area contributed by atoms with Crippen molar-refractivity contribution in [3.63, 3.8) is 0 Å². The highest BCUT2D eigenvalue weighted by Gasteiger charge is 2.46. The lowest BCUT2D eigenvalue weighted by atomic mass is 10.0. The molecule has 1 aromatic rings. The number of carbonyl (C=O) groups is 2. The lowest BCUT2D eigenvalue weighted by Crippen LogP contribution is -2.36. The molecular formula is C48H83N3O16P2. The van der Waals surface area contributed by atoms with Gasteiger partial charge in [-0.05, 0) is 44.1 Å². The summed E-state index contributed by atoms with van der Waals surface area (Å²) in [6, 6.07) is 1.24. The van der Waals surface area contributed by atoms with E-state index in [1.165, 1.54) is 57.4 Å². The third kappa shape index (κ3) is 29.8. The third-order valence-electron chi connectivity index (χ3n) is 11.3. The monoisotopic (exact) mass is 1020 g/mol. The molecule has 1 fully saturated rings. The molecule has 7 N–H and O–H groups in total. The highest BCUT2D eigenvalue weighted by molar-refractivity contribution is 7.61. The molecule has 0 amide bonds. The zero-order valence-corrected chi connectivity index (χ0v) is 42.9. The van der Waals surface area contributed by atoms with Crippen LogP contribution in [0.5, 0.6) is 0 Å². The van der Waals surface area contributed by atoms with Gasteiger partial charge >= 0.3 is 33.3 Å². The minimum absolute atomic E-state index is 0.0187. The quantitative estimate of drug-likeness (QED) is 0.0118. The average Bonchev–Trinajstić information content (AvgIpc) is 3.56. The fraction of sp³-hybridized carbons (Fsp3) is 0.750. The molecule has 0 spiro atoms. The second-order valence-corrected chi connectivity index (χ2v) is 21.0. The first-order valence-electron chi connectivity index (χ1n) is 25.0. The molecule has 1 saturated heterocycles. The second kappa shape index (κ2) is 35.9. The number of nitrogens with zero attached hydrogens (tertiary/aromatic N) is 2. The summed E-state index contributed by atoms with van der Waals surface area (Å²) in [6.45, 7) is 4.23. The number of aliphatic hydroxyl groups is 3. The van der Waals surface area contributed by atoms with E-state index in [1.54, 1.807) is 6.08 Å². The Morgan fingerprint density at radius 3 is 1.94 bits per heavy atom. The number of aliphatic hydroxyl groups excluding tert-OH is 3. The van der Waals surface area contributed by atoms with E-state index in [9.17, 15) is 48.6 Å². The first-order chi connectivity index (χ1) is 32.9. The van der Waals surface area contributed by atoms with Gasteiger partial charge < -0.3 is 45.1 Å². The summed E-state index contributed by atoms with van der Waals surface area (Å²) >= 11 is 0. The van der Waals surface area contributed by atoms with Gasteiger partial charge in [0.05, 0.1) is 19.3 Å². The number of hydrogen-bond acceptors (Lipinski definition) is 16. The number of carbonyl (C=O) groups excluding carboxylic acids is 2. The van der Waals surface area contributed by atoms with Crippen LogP contribution in [-0.4, -0.2) is 96.9 Å². The Morgan fingerprint density at radius 1 is 0.783 bits per heavy atom. The highest BCUT2D eigenvalue weighted by atomic mass is 31.3. The molecule has 0 bridgehead atoms. The van der Waals surface area contributed by atoms with Gasteiger partial charge in [0.1, 0.15) is 30.7 Å². The maximum Gasteiger partial charge on any atom is 0.481 e. The molecule has 0 aromatic carbocycles. The Morgan fingerprint density at radius 2 is 1.35 bits per heavy atom. The zero-order chi connectivity index (χ0) is 50.9. The highest BCUT2D eigenvalue weighted by Crippen LogP contribution is 2.60. The Hall–Kier alpha value is -3.06. The molecule has 0 radical (unpaired) electrons. The number of phosphoric acid groups is 2. The van der Waals surface area contributed by atoms with Crippen LogP contribution in [0.25, 0.3) is 0 Å². The van der Waals surface area contributed by atoms with Gasteiger partial charge in [0, 0.05) is 19.0 Å². The molecule has 1 aromatic heterocycles. The van der Waals surface area contributed by atoms with Crippen molar-refractivity contribution < 1.29 is 71.4 Å². The van der Waals surface area contributed by atoms with Crippen molar-refractivity contribution in [2.24, 2.45) is 5.92 Å². The van der Waals surface area contributed by atoms with Crippen LogP contribution in [0.15, 0.2) is 53.5 Å². The number of hydrogen-bond donors (Lipinski definition) is 6. The fourth-order valence-electron chi connectivity index (χ4n) is 7.39. The predicted octanol–water partition coefficient (Wildman–Crippen LogP) is 8.83. The van der Waals surface area contributed by atoms with E-state index in [-0.39, 0.29) is 18.7 Å². The summed E-state index contributed by atoms with van der Waals surface area (Å²) in [5, 5.41) is 31.1. The van der Waals surface area contributed by atoms with Crippen LogP contribution in [0.3, 0.4) is 0 Å². The fourth-order valence-corrected chi connectivity index (χ4v) is 9.50. The molecule has 69 heavy (non-hydrogen) atoms. The van der Waals surface area contributed by atoms with Gasteiger partial charge in [0.2, 0.25) is 0 Å². The Labute approximate surface area is 409 Å². The van der Waals surface area contributed by atoms with Crippen molar-refractivity contribution in [2.75, 3.05) is 25.6 Å². The van der Waals surface area contributed by atoms with Crippen molar-refractivity contribution in [3.8, 4) is 0 Å². The van der Waals surface area contributed by atoms with Crippen LogP contribution < -0.4 is 11.4 Å². The zero-order valence-electron chi connectivity index (χ0n) is 41.1. The lowest BCUT2D eigenvalue weighted by Gasteiger charge is -2.21. The van der Waals surface area contributed by atoms with E-state index >= 15 is 0 Å². The molecule has 396 valence electrons. The van der Waals surface area contributed by atoms with E-state index in [4.69, 9.17) is 29.0 Å². The minimum Gasteiger partial charge on any atom is -0.462 e. The minimum atomic E-state index is -5.44. The first kappa shape index (κ1) is 62.1. The smallest absolute Gasteiger partial charge is 0.462 e. The van der Waals surface area contributed by atoms with Crippen molar-refractivity contribution in [2.45, 2.75) is 205 Å². The van der Waals surface area contributed by atoms with Crippen LogP contribution in [-0.2, 0) is 46.3 Å². The number of nitrogen functional groups attached to an aromatic ring is 1. The van der Waals surface area contributed by atoms with E-state index in [0.29, 0.717) is 25.7 Å². The summed E-state index contributed by atoms with van der Waals surface area (Å²) in [5.74, 6) is -0.602. The summed E-state index contributed by atoms with van der Waals surface area (Å²) in [7, 11) is -10.9. The van der Waals surface area contributed by atoms with E-state index in [2.05, 4.69) is 42.2 Å². The summed E-state index contributed by atoms with van der Waals surface area (Å²) in [5.41, 5.74) is 4.58. The number of esters is 2. The first-order valence-corrected chi connectivity index (χ1v) is 28.0. The molecule has 1 aliphatic heterocycles. The normalized spacial score (nSPS) is 20.2. The predicted molar refractivity (Wildman–Crippen MR) is 262 cm³/mol. The van der Waals surface area contributed by atoms with Crippen LogP contribution in [0.2, 0.25) is 0 Å². The summed E-state index contributed by atoms with van der Waals surface area (Å²) in [4.78, 5) is 61.9. The van der Waals surface area contributed by atoms with Gasteiger partial charge in [-0.25, -0.2) is 13.9 Å². The van der Waals surface area contributed by atoms with E-state index in [1.807, 2.05) is 18.2 Å². The van der Waals surface area contributed by atoms with Gasteiger partial charge in [-0.2, -0.15) is 9.29 Å². The van der Waals surface area contributed by atoms with Crippen molar-refractivity contribution >= 4 is 33.4 Å². The Bertz CT molecular complexity index is 1830. The van der Waals surface area contributed by atoms with Crippen molar-refractivity contribution in [1.29, 1.82) is 0 Å². The van der Waals surface area contributed by atoms with Crippen molar-refractivity contribution in [1.82, 2.24) is 9.55 Å². The average molecular weight is 1020 g/mol. The molecule has 0 aliphatic carbocycles. The molecule has 2 heterocycles. The van der Waals surface area contributed by atoms with Gasteiger partial charge in [-0.3, -0.25) is 23.2 Å². The lowest BCUT2D eigenvalue weighted by molar-refractivity contribution is -0.161. The number of anilines is 1. The standard InChI is InChI=1S/C48H83N3O16P2/c1-4-5-6-7-14-19-24-29-39(52)30-25-20-17-22-27-32-44(54)65-40(35-62-43(53)31-26-21-16-13-11-9-8-10-12-15-18-23-28-38(2)3)36-63-68(58,59)67-69(60,61)64-37-41-45(55)46(56)47(66-41)51-34-33-42(49)50-48(51)57/h5-6,14,19,24,29,33-34,38-41,45-47,52,55-56H,4,7-13,15-18,20-23,25-28,30-32,35-37H2,1-3H3,(H,58,59)(H,60,61)(H2,49,50,57)/b6-5+,19-14+,29-24+/t39?,40-,41-,45-,46-,47-/m1/s1. The molecule has 3 unspecified atom stereocenters. The number of ether oxygens (including phenoxy) is 3. The molecule has 19 nitrogen and oxygen atoms in total. The SMILES string of the molecule is CC/C=C/C/C=C/C=C/C(O)CCCCCCCC(=O)O[C@H](COC(=O)CCCCCCCCCCCCCCC(C)C)COP(=O)(O)OP(=O)(O)OC[C@H]1O[C@@H](n2ccc(N)nc2=O)[C@H](O)[C@@H]1O. The number of nitrogens with two attached hydrogens (primary N) is 1. The van der Waals surface area contributed by atoms with Crippen LogP contribution in [0, 0.1) is 5.92 Å². The number of allylic oxidation sites excluding steroid dienone is 5. The third-order valence-corrected chi connectivity index (χ3v) is 13.9. The largest absolute Gasteiger partial charge is 0.481 e. The van der Waals surface area contributed by atoms with Gasteiger partial charge in [-0.1, -0.05) is 160 Å². The molecule has 1 aliphatic rings. The molecule has 21 heteroatoms. The number of rotatable bonds is 40. The maximum absolute atomic E-state index is 12.9. The summed E-state index contributed by atoms with van der Waals surface area (Å²) in [6.07, 6.45) is 25.4. The second-order valence-electron chi connectivity index (χ2n) is 18.0. The Balaban J connectivity index is 1.83. The number of aromatic nitrogens is 2. The number of unbranched alkanes of at least 4 members (excludes halogenated alkanes) is 15. The molecular weight excluding hydrogens is 936 g/mol. The Kier molecular flexibility index (Phi) is 32.3. The molecule has 8 atom stereocenters. The van der Waals surface area contributed by atoms with E-state index in [0.717, 1.165) is 74.5 Å². The van der Waals surface area contributed by atoms with Crippen LogP contribution in [0.1, 0.15) is 175 Å². The topological polar surface area (TPSA) is 286 Å². The molecule has 2 rings (SSSR count). The van der Waals surface area contributed by atoms with Gasteiger partial charge in [0.25, 0.3) is 0 Å². The van der Waals surface area contributed by atoms with E-state index < -0.39 is 89.8 Å². The van der Waals surface area contributed by atoms with Gasteiger partial charge in [0.15, 0.2) is 12.3 Å². The maximum atomic E-state index is 12.9. The number of phosphoric ester groups is 2. The van der Waals surface area contributed by atoms with Crippen molar-refractivity contribution in [3.05, 3.63) is 59.2 Å². The van der Waals surface area contributed by atoms with Crippen LogP contribution >= 0.6 is 15.6 Å². The van der Waals surface area contributed by atoms with Crippen LogP contribution in [0.4, 0.5) is 5.82 Å². The van der Waals surface area contributed by atoms with Gasteiger partial charge in [-0.15, -0.1) is 0 Å².